The number of amides is 2. The maximum Gasteiger partial charge on any atom is 0.314 e. The van der Waals surface area contributed by atoms with Gasteiger partial charge in [-0.15, -0.1) is 0 Å². The Morgan fingerprint density at radius 2 is 1.72 bits per heavy atom. The van der Waals surface area contributed by atoms with E-state index in [1.807, 2.05) is 61.5 Å². The van der Waals surface area contributed by atoms with Crippen LogP contribution < -0.4 is 15.5 Å². The van der Waals surface area contributed by atoms with E-state index in [9.17, 15) is 9.90 Å². The van der Waals surface area contributed by atoms with Crippen LogP contribution in [0.1, 0.15) is 23.7 Å². The van der Waals surface area contributed by atoms with Crippen molar-refractivity contribution in [2.24, 2.45) is 0 Å². The van der Waals surface area contributed by atoms with Crippen molar-refractivity contribution >= 4 is 11.7 Å². The molecule has 1 unspecified atom stereocenters. The predicted octanol–water partition coefficient (Wildman–Crippen LogP) is 2.72. The maximum absolute atomic E-state index is 11.8. The molecule has 0 saturated heterocycles. The fraction of sp³-hybridized carbons (Fsp3) is 0.350. The Morgan fingerprint density at radius 3 is 2.36 bits per heavy atom. The fourth-order valence-corrected chi connectivity index (χ4v) is 2.50. The standard InChI is InChI=1S/C20H27N3O2/c1-23(2)18-12-10-17(11-13-18)19(24)15-22-20(25)21-14-6-9-16-7-4-3-5-8-16/h3-5,7-8,10-13,19,24H,6,9,14-15H2,1-2H3,(H2,21,22,25). The number of nitrogens with zero attached hydrogens (tertiary/aromatic N) is 1. The summed E-state index contributed by atoms with van der Waals surface area (Å²) in [7, 11) is 3.93. The molecule has 0 heterocycles. The monoisotopic (exact) mass is 341 g/mol. The summed E-state index contributed by atoms with van der Waals surface area (Å²) in [5, 5.41) is 15.7. The van der Waals surface area contributed by atoms with Gasteiger partial charge in [-0.2, -0.15) is 0 Å². The van der Waals surface area contributed by atoms with Crippen molar-refractivity contribution in [2.75, 3.05) is 32.1 Å². The van der Waals surface area contributed by atoms with Crippen LogP contribution in [0.25, 0.3) is 0 Å². The van der Waals surface area contributed by atoms with E-state index in [2.05, 4.69) is 22.8 Å². The van der Waals surface area contributed by atoms with E-state index in [1.54, 1.807) is 0 Å². The fourth-order valence-electron chi connectivity index (χ4n) is 2.50. The van der Waals surface area contributed by atoms with Gasteiger partial charge in [0.2, 0.25) is 0 Å². The zero-order valence-electron chi connectivity index (χ0n) is 14.9. The van der Waals surface area contributed by atoms with E-state index in [4.69, 9.17) is 0 Å². The highest BCUT2D eigenvalue weighted by Crippen LogP contribution is 2.17. The van der Waals surface area contributed by atoms with Gasteiger partial charge in [0, 0.05) is 32.9 Å². The molecule has 5 nitrogen and oxygen atoms in total. The molecule has 0 saturated carbocycles. The van der Waals surface area contributed by atoms with Crippen molar-refractivity contribution in [1.29, 1.82) is 0 Å². The number of nitrogens with one attached hydrogen (secondary N) is 2. The number of hydrogen-bond acceptors (Lipinski definition) is 3. The summed E-state index contributed by atoms with van der Waals surface area (Å²) < 4.78 is 0. The molecule has 0 aliphatic carbocycles. The van der Waals surface area contributed by atoms with Gasteiger partial charge in [-0.25, -0.2) is 4.79 Å². The summed E-state index contributed by atoms with van der Waals surface area (Å²) in [6.45, 7) is 0.792. The number of aryl methyl sites for hydroxylation is 1. The van der Waals surface area contributed by atoms with E-state index < -0.39 is 6.10 Å². The number of aliphatic hydroxyl groups is 1. The number of hydrogen-bond donors (Lipinski definition) is 3. The molecule has 2 aromatic carbocycles. The Hall–Kier alpha value is -2.53. The number of carbonyl (C=O) groups is 1. The minimum absolute atomic E-state index is 0.186. The quantitative estimate of drug-likeness (QED) is 0.647. The van der Waals surface area contributed by atoms with Crippen LogP contribution in [0.4, 0.5) is 10.5 Å². The highest BCUT2D eigenvalue weighted by molar-refractivity contribution is 5.73. The third-order valence-corrected chi connectivity index (χ3v) is 4.02. The number of rotatable bonds is 8. The first-order valence-corrected chi connectivity index (χ1v) is 8.57. The molecule has 0 fully saturated rings. The topological polar surface area (TPSA) is 64.6 Å². The van der Waals surface area contributed by atoms with Gasteiger partial charge < -0.3 is 20.6 Å². The smallest absolute Gasteiger partial charge is 0.314 e. The van der Waals surface area contributed by atoms with Crippen molar-refractivity contribution in [3.63, 3.8) is 0 Å². The van der Waals surface area contributed by atoms with Gasteiger partial charge in [0.1, 0.15) is 0 Å². The lowest BCUT2D eigenvalue weighted by Gasteiger charge is -2.16. The number of benzene rings is 2. The minimum atomic E-state index is -0.716. The summed E-state index contributed by atoms with van der Waals surface area (Å²) in [6, 6.07) is 17.6. The lowest BCUT2D eigenvalue weighted by atomic mass is 10.1. The SMILES string of the molecule is CN(C)c1ccc(C(O)CNC(=O)NCCCc2ccccc2)cc1. The van der Waals surface area contributed by atoms with Crippen LogP contribution in [0.5, 0.6) is 0 Å². The Bertz CT molecular complexity index is 642. The van der Waals surface area contributed by atoms with E-state index in [1.165, 1.54) is 5.56 Å². The van der Waals surface area contributed by atoms with Gasteiger partial charge >= 0.3 is 6.03 Å². The first-order valence-electron chi connectivity index (χ1n) is 8.57. The average Bonchev–Trinajstić information content (AvgIpc) is 2.64. The van der Waals surface area contributed by atoms with E-state index >= 15 is 0 Å². The van der Waals surface area contributed by atoms with Crippen LogP contribution in [0.15, 0.2) is 54.6 Å². The second kappa shape index (κ2) is 9.69. The van der Waals surface area contributed by atoms with Gasteiger partial charge in [0.05, 0.1) is 6.10 Å². The normalized spacial score (nSPS) is 11.6. The number of aliphatic hydroxyl groups excluding tert-OH is 1. The van der Waals surface area contributed by atoms with Crippen LogP contribution in [0, 0.1) is 0 Å². The summed E-state index contributed by atoms with van der Waals surface area (Å²) in [5.74, 6) is 0. The Kier molecular flexibility index (Phi) is 7.29. The molecule has 3 N–H and O–H groups in total. The van der Waals surface area contributed by atoms with Gasteiger partial charge in [0.25, 0.3) is 0 Å². The molecule has 0 aliphatic rings. The summed E-state index contributed by atoms with van der Waals surface area (Å²) >= 11 is 0. The number of carbonyl (C=O) groups excluding carboxylic acids is 1. The van der Waals surface area contributed by atoms with Crippen LogP contribution in [0.3, 0.4) is 0 Å². The molecule has 2 rings (SSSR count). The molecule has 5 heteroatoms. The van der Waals surface area contributed by atoms with Crippen molar-refractivity contribution in [1.82, 2.24) is 10.6 Å². The summed E-state index contributed by atoms with van der Waals surface area (Å²) in [4.78, 5) is 13.8. The van der Waals surface area contributed by atoms with Crippen molar-refractivity contribution in [3.05, 3.63) is 65.7 Å². The van der Waals surface area contributed by atoms with Gasteiger partial charge in [-0.3, -0.25) is 0 Å². The lowest BCUT2D eigenvalue weighted by molar-refractivity contribution is 0.173. The molecular weight excluding hydrogens is 314 g/mol. The second-order valence-corrected chi connectivity index (χ2v) is 6.23. The van der Waals surface area contributed by atoms with Crippen molar-refractivity contribution in [3.8, 4) is 0 Å². The second-order valence-electron chi connectivity index (χ2n) is 6.23. The van der Waals surface area contributed by atoms with Crippen molar-refractivity contribution in [2.45, 2.75) is 18.9 Å². The predicted molar refractivity (Wildman–Crippen MR) is 102 cm³/mol. The summed E-state index contributed by atoms with van der Waals surface area (Å²) in [6.07, 6.45) is 1.10. The molecule has 2 aromatic rings. The molecule has 0 radical (unpaired) electrons. The molecule has 0 spiro atoms. The average molecular weight is 341 g/mol. The minimum Gasteiger partial charge on any atom is -0.387 e. The van der Waals surface area contributed by atoms with Gasteiger partial charge in [0.15, 0.2) is 0 Å². The van der Waals surface area contributed by atoms with E-state index in [-0.39, 0.29) is 12.6 Å². The molecule has 134 valence electrons. The molecule has 0 bridgehead atoms. The Balaban J connectivity index is 1.65. The van der Waals surface area contributed by atoms with Crippen LogP contribution in [0.2, 0.25) is 0 Å². The van der Waals surface area contributed by atoms with Crippen LogP contribution >= 0.6 is 0 Å². The first kappa shape index (κ1) is 18.8. The van der Waals surface area contributed by atoms with Gasteiger partial charge in [-0.1, -0.05) is 42.5 Å². The molecular formula is C20H27N3O2. The molecule has 25 heavy (non-hydrogen) atoms. The third kappa shape index (κ3) is 6.47. The highest BCUT2D eigenvalue weighted by atomic mass is 16.3. The Morgan fingerprint density at radius 1 is 1.04 bits per heavy atom. The maximum atomic E-state index is 11.8. The molecule has 1 atom stereocenters. The van der Waals surface area contributed by atoms with Crippen LogP contribution in [-0.4, -0.2) is 38.3 Å². The van der Waals surface area contributed by atoms with E-state index in [0.29, 0.717) is 6.54 Å². The third-order valence-electron chi connectivity index (χ3n) is 4.02. The Labute approximate surface area is 149 Å². The zero-order valence-corrected chi connectivity index (χ0v) is 14.9. The number of anilines is 1. The zero-order chi connectivity index (χ0) is 18.1. The molecule has 2 amide bonds. The van der Waals surface area contributed by atoms with E-state index in [0.717, 1.165) is 24.1 Å². The highest BCUT2D eigenvalue weighted by Gasteiger charge is 2.09. The van der Waals surface area contributed by atoms with Gasteiger partial charge in [-0.05, 0) is 36.1 Å². The van der Waals surface area contributed by atoms with Crippen molar-refractivity contribution < 1.29 is 9.90 Å². The first-order chi connectivity index (χ1) is 12.1. The van der Waals surface area contributed by atoms with Crippen LogP contribution in [-0.2, 0) is 6.42 Å². The largest absolute Gasteiger partial charge is 0.387 e. The summed E-state index contributed by atoms with van der Waals surface area (Å²) in [5.41, 5.74) is 3.12. The molecule has 0 aromatic heterocycles. The molecule has 0 aliphatic heterocycles. The lowest BCUT2D eigenvalue weighted by Crippen LogP contribution is -2.38. The number of urea groups is 1.